The Morgan fingerprint density at radius 3 is 2.25 bits per heavy atom. The molecule has 2 nitrogen and oxygen atoms in total. The van der Waals surface area contributed by atoms with E-state index in [4.69, 9.17) is 4.43 Å². The summed E-state index contributed by atoms with van der Waals surface area (Å²) >= 11 is 0. The maximum absolute atomic E-state index is 10.5. The molecule has 0 saturated heterocycles. The van der Waals surface area contributed by atoms with Crippen molar-refractivity contribution >= 4 is 8.32 Å². The fourth-order valence-corrected chi connectivity index (χ4v) is 4.16. The molecule has 1 aliphatic rings. The zero-order valence-corrected chi connectivity index (χ0v) is 15.1. The zero-order valence-electron chi connectivity index (χ0n) is 14.1. The SMILES string of the molecule is C=CC[C@@H](O)[C@H](O[Si](C)(C)C(C)(C)C)C1CCCCC1. The van der Waals surface area contributed by atoms with Crippen LogP contribution in [0.25, 0.3) is 0 Å². The van der Waals surface area contributed by atoms with Crippen LogP contribution in [0.5, 0.6) is 0 Å². The van der Waals surface area contributed by atoms with Crippen molar-refractivity contribution in [1.82, 2.24) is 0 Å². The second kappa shape index (κ2) is 7.23. The van der Waals surface area contributed by atoms with Crippen molar-refractivity contribution in [3.05, 3.63) is 12.7 Å². The van der Waals surface area contributed by atoms with Crippen LogP contribution in [0, 0.1) is 5.92 Å². The van der Waals surface area contributed by atoms with E-state index in [1.807, 2.05) is 6.08 Å². The highest BCUT2D eigenvalue weighted by Gasteiger charge is 2.42. The van der Waals surface area contributed by atoms with Crippen LogP contribution in [0.4, 0.5) is 0 Å². The lowest BCUT2D eigenvalue weighted by Gasteiger charge is -2.43. The molecule has 0 unspecified atom stereocenters. The minimum atomic E-state index is -1.84. The van der Waals surface area contributed by atoms with Crippen molar-refractivity contribution in [3.8, 4) is 0 Å². The van der Waals surface area contributed by atoms with E-state index in [1.54, 1.807) is 0 Å². The molecule has 0 radical (unpaired) electrons. The Kier molecular flexibility index (Phi) is 6.48. The summed E-state index contributed by atoms with van der Waals surface area (Å²) in [6.07, 6.45) is 8.35. The van der Waals surface area contributed by atoms with Crippen LogP contribution in [0.15, 0.2) is 12.7 Å². The monoisotopic (exact) mass is 298 g/mol. The maximum atomic E-state index is 10.5. The van der Waals surface area contributed by atoms with Crippen LogP contribution in [0.2, 0.25) is 18.1 Å². The van der Waals surface area contributed by atoms with Crippen molar-refractivity contribution in [2.75, 3.05) is 0 Å². The molecule has 1 rings (SSSR count). The summed E-state index contributed by atoms with van der Waals surface area (Å²) in [6.45, 7) is 15.1. The average molecular weight is 299 g/mol. The third-order valence-corrected chi connectivity index (χ3v) is 9.61. The zero-order chi connectivity index (χ0) is 15.4. The first kappa shape index (κ1) is 17.9. The van der Waals surface area contributed by atoms with Gasteiger partial charge < -0.3 is 9.53 Å². The molecule has 0 aliphatic heterocycles. The van der Waals surface area contributed by atoms with E-state index in [0.29, 0.717) is 12.3 Å². The van der Waals surface area contributed by atoms with E-state index in [9.17, 15) is 5.11 Å². The van der Waals surface area contributed by atoms with E-state index in [2.05, 4.69) is 40.4 Å². The second-order valence-corrected chi connectivity index (χ2v) is 12.6. The fourth-order valence-electron chi connectivity index (χ4n) is 2.77. The summed E-state index contributed by atoms with van der Waals surface area (Å²) in [5.74, 6) is 0.521. The van der Waals surface area contributed by atoms with E-state index >= 15 is 0 Å². The van der Waals surface area contributed by atoms with Gasteiger partial charge in [0.1, 0.15) is 0 Å². The third-order valence-electron chi connectivity index (χ3n) is 5.14. The molecule has 20 heavy (non-hydrogen) atoms. The highest BCUT2D eigenvalue weighted by Crippen LogP contribution is 2.40. The van der Waals surface area contributed by atoms with Gasteiger partial charge in [-0.05, 0) is 43.3 Å². The van der Waals surface area contributed by atoms with Crippen molar-refractivity contribution in [3.63, 3.8) is 0 Å². The molecule has 0 bridgehead atoms. The van der Waals surface area contributed by atoms with Crippen LogP contribution in [-0.4, -0.2) is 25.6 Å². The molecule has 1 fully saturated rings. The van der Waals surface area contributed by atoms with Gasteiger partial charge in [-0.15, -0.1) is 6.58 Å². The molecule has 2 atom stereocenters. The van der Waals surface area contributed by atoms with Crippen molar-refractivity contribution < 1.29 is 9.53 Å². The minimum Gasteiger partial charge on any atom is -0.411 e. The highest BCUT2D eigenvalue weighted by molar-refractivity contribution is 6.74. The lowest BCUT2D eigenvalue weighted by atomic mass is 9.83. The van der Waals surface area contributed by atoms with Crippen LogP contribution < -0.4 is 0 Å². The Labute approximate surface area is 126 Å². The molecule has 1 saturated carbocycles. The van der Waals surface area contributed by atoms with Gasteiger partial charge in [0, 0.05) is 0 Å². The van der Waals surface area contributed by atoms with E-state index in [1.165, 1.54) is 32.1 Å². The van der Waals surface area contributed by atoms with Gasteiger partial charge in [-0.2, -0.15) is 0 Å². The summed E-state index contributed by atoms with van der Waals surface area (Å²) in [7, 11) is -1.84. The molecular formula is C17H34O2Si. The summed E-state index contributed by atoms with van der Waals surface area (Å²) < 4.78 is 6.60. The average Bonchev–Trinajstić information content (AvgIpc) is 2.36. The lowest BCUT2D eigenvalue weighted by Crippen LogP contribution is -2.49. The number of hydrogen-bond acceptors (Lipinski definition) is 2. The van der Waals surface area contributed by atoms with Gasteiger partial charge in [0.05, 0.1) is 12.2 Å². The molecule has 0 amide bonds. The van der Waals surface area contributed by atoms with Crippen LogP contribution in [0.1, 0.15) is 59.3 Å². The van der Waals surface area contributed by atoms with Gasteiger partial charge in [-0.25, -0.2) is 0 Å². The lowest BCUT2D eigenvalue weighted by molar-refractivity contribution is -0.0166. The molecular weight excluding hydrogens is 264 g/mol. The van der Waals surface area contributed by atoms with E-state index in [0.717, 1.165) is 0 Å². The quantitative estimate of drug-likeness (QED) is 0.558. The van der Waals surface area contributed by atoms with Crippen LogP contribution >= 0.6 is 0 Å². The molecule has 118 valence electrons. The first-order chi connectivity index (χ1) is 9.19. The van der Waals surface area contributed by atoms with E-state index in [-0.39, 0.29) is 11.1 Å². The topological polar surface area (TPSA) is 29.5 Å². The Hall–Kier alpha value is -0.123. The van der Waals surface area contributed by atoms with Crippen molar-refractivity contribution in [2.45, 2.75) is 89.6 Å². The Morgan fingerprint density at radius 1 is 1.25 bits per heavy atom. The first-order valence-corrected chi connectivity index (χ1v) is 11.1. The Morgan fingerprint density at radius 2 is 1.80 bits per heavy atom. The second-order valence-electron chi connectivity index (χ2n) is 7.83. The van der Waals surface area contributed by atoms with E-state index < -0.39 is 14.4 Å². The minimum absolute atomic E-state index is 0.00538. The number of aliphatic hydroxyl groups is 1. The van der Waals surface area contributed by atoms with Gasteiger partial charge >= 0.3 is 0 Å². The molecule has 1 aliphatic carbocycles. The maximum Gasteiger partial charge on any atom is 0.192 e. The van der Waals surface area contributed by atoms with Gasteiger partial charge in [0.2, 0.25) is 0 Å². The highest BCUT2D eigenvalue weighted by atomic mass is 28.4. The summed E-state index contributed by atoms with van der Waals surface area (Å²) in [4.78, 5) is 0. The summed E-state index contributed by atoms with van der Waals surface area (Å²) in [5.41, 5.74) is 0. The Bertz CT molecular complexity index is 301. The molecule has 0 spiro atoms. The molecule has 1 N–H and O–H groups in total. The molecule has 0 aromatic heterocycles. The first-order valence-electron chi connectivity index (χ1n) is 8.16. The predicted molar refractivity (Wildman–Crippen MR) is 89.5 cm³/mol. The Balaban J connectivity index is 2.84. The van der Waals surface area contributed by atoms with Crippen LogP contribution in [0.3, 0.4) is 0 Å². The van der Waals surface area contributed by atoms with Gasteiger partial charge in [-0.1, -0.05) is 46.1 Å². The fraction of sp³-hybridized carbons (Fsp3) is 0.882. The largest absolute Gasteiger partial charge is 0.411 e. The smallest absolute Gasteiger partial charge is 0.192 e. The molecule has 0 aromatic carbocycles. The number of rotatable bonds is 6. The molecule has 0 heterocycles. The third kappa shape index (κ3) is 4.71. The van der Waals surface area contributed by atoms with Gasteiger partial charge in [-0.3, -0.25) is 0 Å². The molecule has 3 heteroatoms. The van der Waals surface area contributed by atoms with Gasteiger partial charge in [0.15, 0.2) is 8.32 Å². The van der Waals surface area contributed by atoms with Crippen molar-refractivity contribution in [1.29, 1.82) is 0 Å². The summed E-state index contributed by atoms with van der Waals surface area (Å²) in [6, 6.07) is 0. The number of hydrogen-bond donors (Lipinski definition) is 1. The predicted octanol–water partition coefficient (Wildman–Crippen LogP) is 4.89. The van der Waals surface area contributed by atoms with Gasteiger partial charge in [0.25, 0.3) is 0 Å². The molecule has 0 aromatic rings. The van der Waals surface area contributed by atoms with Crippen LogP contribution in [-0.2, 0) is 4.43 Å². The standard InChI is InChI=1S/C17H34O2Si/c1-7-11-15(18)16(14-12-9-8-10-13-14)19-20(5,6)17(2,3)4/h7,14-16,18H,1,8-13H2,2-6H3/t15-,16-/m1/s1. The summed E-state index contributed by atoms with van der Waals surface area (Å²) in [5, 5.41) is 10.7. The normalized spacial score (nSPS) is 21.5. The number of aliphatic hydroxyl groups excluding tert-OH is 1. The van der Waals surface area contributed by atoms with Crippen molar-refractivity contribution in [2.24, 2.45) is 5.92 Å².